The largest absolute Gasteiger partial charge is 0.316 e. The molecule has 0 bridgehead atoms. The summed E-state index contributed by atoms with van der Waals surface area (Å²) in [4.78, 5) is 3.58. The third-order valence-electron chi connectivity index (χ3n) is 2.19. The minimum absolute atomic E-state index is 0.928. The van der Waals surface area contributed by atoms with Crippen molar-refractivity contribution in [2.45, 2.75) is 11.4 Å². The Morgan fingerprint density at radius 1 is 1.38 bits per heavy atom. The van der Waals surface area contributed by atoms with E-state index in [9.17, 15) is 0 Å². The predicted octanol–water partition coefficient (Wildman–Crippen LogP) is 2.82. The Labute approximate surface area is 111 Å². The normalized spacial score (nSPS) is 11.1. The van der Waals surface area contributed by atoms with E-state index < -0.39 is 0 Å². The quantitative estimate of drug-likeness (QED) is 0.814. The zero-order chi connectivity index (χ0) is 12.0. The minimum atomic E-state index is 0.928. The molecule has 0 heterocycles. The van der Waals surface area contributed by atoms with Gasteiger partial charge >= 0.3 is 0 Å². The van der Waals surface area contributed by atoms with E-state index >= 15 is 0 Å². The summed E-state index contributed by atoms with van der Waals surface area (Å²) in [7, 11) is 6.20. The number of thioether (sulfide) groups is 1. The minimum Gasteiger partial charge on any atom is -0.316 e. The maximum absolute atomic E-state index is 3.52. The Kier molecular flexibility index (Phi) is 6.43. The van der Waals surface area contributed by atoms with Crippen LogP contribution in [0.15, 0.2) is 27.6 Å². The van der Waals surface area contributed by atoms with Crippen LogP contribution in [0.25, 0.3) is 0 Å². The molecular weight excluding hydrogens is 284 g/mol. The van der Waals surface area contributed by atoms with Crippen molar-refractivity contribution in [1.82, 2.24) is 10.2 Å². The molecule has 0 atom stereocenters. The van der Waals surface area contributed by atoms with Gasteiger partial charge in [0.25, 0.3) is 0 Å². The van der Waals surface area contributed by atoms with E-state index in [0.29, 0.717) is 0 Å². The summed E-state index contributed by atoms with van der Waals surface area (Å²) >= 11 is 5.44. The van der Waals surface area contributed by atoms with Crippen molar-refractivity contribution in [3.8, 4) is 0 Å². The lowest BCUT2D eigenvalue weighted by atomic mass is 10.2. The third kappa shape index (κ3) is 4.87. The highest BCUT2D eigenvalue weighted by Crippen LogP contribution is 2.26. The highest BCUT2D eigenvalue weighted by atomic mass is 79.9. The van der Waals surface area contributed by atoms with E-state index in [1.807, 2.05) is 18.8 Å². The van der Waals surface area contributed by atoms with Gasteiger partial charge in [0.15, 0.2) is 0 Å². The van der Waals surface area contributed by atoms with Gasteiger partial charge in [-0.25, -0.2) is 0 Å². The standard InChI is InChI=1S/C12H19BrN2S/c1-14-9-10-4-5-11(13)8-12(10)16-7-6-15(2)3/h4-5,8,14H,6-7,9H2,1-3H3. The van der Waals surface area contributed by atoms with Crippen LogP contribution in [0.4, 0.5) is 0 Å². The lowest BCUT2D eigenvalue weighted by Crippen LogP contribution is -2.15. The lowest BCUT2D eigenvalue weighted by molar-refractivity contribution is 0.437. The highest BCUT2D eigenvalue weighted by Gasteiger charge is 2.03. The van der Waals surface area contributed by atoms with Crippen molar-refractivity contribution in [2.24, 2.45) is 0 Å². The molecule has 2 nitrogen and oxygen atoms in total. The molecule has 0 radical (unpaired) electrons. The number of nitrogens with zero attached hydrogens (tertiary/aromatic N) is 1. The van der Waals surface area contributed by atoms with E-state index in [2.05, 4.69) is 58.4 Å². The molecule has 0 saturated carbocycles. The van der Waals surface area contributed by atoms with Gasteiger partial charge in [-0.15, -0.1) is 11.8 Å². The van der Waals surface area contributed by atoms with E-state index in [0.717, 1.165) is 23.3 Å². The molecule has 0 aromatic heterocycles. The van der Waals surface area contributed by atoms with E-state index in [-0.39, 0.29) is 0 Å². The third-order valence-corrected chi connectivity index (χ3v) is 3.76. The molecule has 1 aromatic rings. The molecule has 1 rings (SSSR count). The fraction of sp³-hybridized carbons (Fsp3) is 0.500. The van der Waals surface area contributed by atoms with Gasteiger partial charge in [0.2, 0.25) is 0 Å². The van der Waals surface area contributed by atoms with Gasteiger partial charge in [0.05, 0.1) is 0 Å². The van der Waals surface area contributed by atoms with Gasteiger partial charge in [-0.3, -0.25) is 0 Å². The van der Waals surface area contributed by atoms with Crippen LogP contribution in [-0.4, -0.2) is 38.3 Å². The van der Waals surface area contributed by atoms with Gasteiger partial charge in [0, 0.05) is 28.2 Å². The second kappa shape index (κ2) is 7.33. The summed E-state index contributed by atoms with van der Waals surface area (Å²) in [6, 6.07) is 6.48. The SMILES string of the molecule is CNCc1ccc(Br)cc1SCCN(C)C. The van der Waals surface area contributed by atoms with Gasteiger partial charge in [-0.05, 0) is 38.8 Å². The van der Waals surface area contributed by atoms with Crippen LogP contribution in [0.1, 0.15) is 5.56 Å². The molecule has 1 aromatic carbocycles. The summed E-state index contributed by atoms with van der Waals surface area (Å²) in [5.41, 5.74) is 1.37. The van der Waals surface area contributed by atoms with E-state index in [1.165, 1.54) is 10.5 Å². The number of halogens is 1. The number of benzene rings is 1. The second-order valence-corrected chi connectivity index (χ2v) is 5.99. The van der Waals surface area contributed by atoms with Gasteiger partial charge in [-0.1, -0.05) is 22.0 Å². The molecule has 0 spiro atoms. The number of hydrogen-bond donors (Lipinski definition) is 1. The second-order valence-electron chi connectivity index (χ2n) is 3.93. The Hall–Kier alpha value is -0.0300. The first-order valence-electron chi connectivity index (χ1n) is 5.34. The Morgan fingerprint density at radius 3 is 2.75 bits per heavy atom. The van der Waals surface area contributed by atoms with Crippen LogP contribution in [0.2, 0.25) is 0 Å². The van der Waals surface area contributed by atoms with Crippen LogP contribution in [0.3, 0.4) is 0 Å². The molecule has 0 amide bonds. The molecule has 16 heavy (non-hydrogen) atoms. The number of hydrogen-bond acceptors (Lipinski definition) is 3. The van der Waals surface area contributed by atoms with Crippen LogP contribution in [0, 0.1) is 0 Å². The number of nitrogens with one attached hydrogen (secondary N) is 1. The molecule has 90 valence electrons. The number of rotatable bonds is 6. The average molecular weight is 303 g/mol. The molecule has 0 unspecified atom stereocenters. The zero-order valence-corrected chi connectivity index (χ0v) is 12.5. The molecule has 4 heteroatoms. The monoisotopic (exact) mass is 302 g/mol. The Bertz CT molecular complexity index is 329. The smallest absolute Gasteiger partial charge is 0.0213 e. The molecular formula is C12H19BrN2S. The first-order valence-corrected chi connectivity index (χ1v) is 7.12. The maximum Gasteiger partial charge on any atom is 0.0213 e. The van der Waals surface area contributed by atoms with Crippen molar-refractivity contribution >= 4 is 27.7 Å². The molecule has 0 fully saturated rings. The van der Waals surface area contributed by atoms with Crippen LogP contribution in [0.5, 0.6) is 0 Å². The predicted molar refractivity (Wildman–Crippen MR) is 76.2 cm³/mol. The fourth-order valence-corrected chi connectivity index (χ4v) is 3.06. The average Bonchev–Trinajstić information content (AvgIpc) is 2.21. The topological polar surface area (TPSA) is 15.3 Å². The van der Waals surface area contributed by atoms with Crippen LogP contribution < -0.4 is 5.32 Å². The van der Waals surface area contributed by atoms with Crippen LogP contribution in [-0.2, 0) is 6.54 Å². The Morgan fingerprint density at radius 2 is 2.12 bits per heavy atom. The molecule has 1 N–H and O–H groups in total. The van der Waals surface area contributed by atoms with Gasteiger partial charge in [-0.2, -0.15) is 0 Å². The fourth-order valence-electron chi connectivity index (χ4n) is 1.34. The Balaban J connectivity index is 2.64. The molecule has 0 saturated heterocycles. The van der Waals surface area contributed by atoms with Gasteiger partial charge in [0.1, 0.15) is 0 Å². The highest BCUT2D eigenvalue weighted by molar-refractivity contribution is 9.10. The van der Waals surface area contributed by atoms with Crippen molar-refractivity contribution in [3.63, 3.8) is 0 Å². The zero-order valence-electron chi connectivity index (χ0n) is 10.1. The van der Waals surface area contributed by atoms with Gasteiger partial charge < -0.3 is 10.2 Å². The molecule has 0 aliphatic rings. The summed E-state index contributed by atoms with van der Waals surface area (Å²) in [6.45, 7) is 2.04. The summed E-state index contributed by atoms with van der Waals surface area (Å²) in [6.07, 6.45) is 0. The van der Waals surface area contributed by atoms with E-state index in [1.54, 1.807) is 0 Å². The lowest BCUT2D eigenvalue weighted by Gasteiger charge is -2.12. The van der Waals surface area contributed by atoms with Crippen molar-refractivity contribution in [2.75, 3.05) is 33.4 Å². The molecule has 0 aliphatic heterocycles. The van der Waals surface area contributed by atoms with Crippen LogP contribution >= 0.6 is 27.7 Å². The summed E-state index contributed by atoms with van der Waals surface area (Å²) in [5, 5.41) is 3.20. The first-order chi connectivity index (χ1) is 7.63. The summed E-state index contributed by atoms with van der Waals surface area (Å²) in [5.74, 6) is 1.13. The van der Waals surface area contributed by atoms with Crippen molar-refractivity contribution in [3.05, 3.63) is 28.2 Å². The van der Waals surface area contributed by atoms with Crippen molar-refractivity contribution < 1.29 is 0 Å². The maximum atomic E-state index is 3.52. The summed E-state index contributed by atoms with van der Waals surface area (Å²) < 4.78 is 1.15. The first kappa shape index (κ1) is 14.0. The van der Waals surface area contributed by atoms with Crippen molar-refractivity contribution in [1.29, 1.82) is 0 Å². The van der Waals surface area contributed by atoms with E-state index in [4.69, 9.17) is 0 Å². The molecule has 0 aliphatic carbocycles.